The number of para-hydroxylation sites is 1. The summed E-state index contributed by atoms with van der Waals surface area (Å²) in [6.07, 6.45) is 0.264. The van der Waals surface area contributed by atoms with Crippen LogP contribution >= 0.6 is 0 Å². The van der Waals surface area contributed by atoms with Crippen LogP contribution < -0.4 is 5.32 Å². The molecular formula is C12H15NO3. The molecule has 0 aromatic heterocycles. The minimum atomic E-state index is -0.342. The maximum absolute atomic E-state index is 11.4. The fourth-order valence-electron chi connectivity index (χ4n) is 1.19. The van der Waals surface area contributed by atoms with Gasteiger partial charge in [0.15, 0.2) is 0 Å². The summed E-state index contributed by atoms with van der Waals surface area (Å²) in [5, 5.41) is 2.69. The van der Waals surface area contributed by atoms with Gasteiger partial charge in [-0.1, -0.05) is 18.2 Å². The standard InChI is InChI=1S/C12H15NO3/c1-2-16-12(15)9-8-11(14)13-10-6-4-3-5-7-10/h3-7H,2,8-9H2,1H3,(H,13,14). The number of nitrogens with one attached hydrogen (secondary N) is 1. The minimum absolute atomic E-state index is 0.118. The number of carbonyl (C=O) groups is 2. The lowest BCUT2D eigenvalue weighted by atomic mass is 10.2. The molecule has 4 nitrogen and oxygen atoms in total. The first-order valence-electron chi connectivity index (χ1n) is 5.23. The van der Waals surface area contributed by atoms with E-state index in [9.17, 15) is 9.59 Å². The molecule has 0 atom stereocenters. The Balaban J connectivity index is 2.29. The Morgan fingerprint density at radius 2 is 1.88 bits per heavy atom. The summed E-state index contributed by atoms with van der Waals surface area (Å²) in [4.78, 5) is 22.4. The second kappa shape index (κ2) is 6.61. The molecular weight excluding hydrogens is 206 g/mol. The molecule has 0 unspecified atom stereocenters. The van der Waals surface area contributed by atoms with Gasteiger partial charge in [0.05, 0.1) is 13.0 Å². The van der Waals surface area contributed by atoms with Gasteiger partial charge in [0.2, 0.25) is 5.91 Å². The molecule has 4 heteroatoms. The molecule has 1 aromatic rings. The second-order valence-electron chi connectivity index (χ2n) is 3.22. The van der Waals surface area contributed by atoms with Gasteiger partial charge in [0.25, 0.3) is 0 Å². The minimum Gasteiger partial charge on any atom is -0.466 e. The zero-order valence-electron chi connectivity index (χ0n) is 9.23. The van der Waals surface area contributed by atoms with E-state index < -0.39 is 0 Å². The van der Waals surface area contributed by atoms with E-state index in [4.69, 9.17) is 4.74 Å². The molecule has 86 valence electrons. The maximum atomic E-state index is 11.4. The molecule has 1 N–H and O–H groups in total. The molecule has 0 radical (unpaired) electrons. The average molecular weight is 221 g/mol. The summed E-state index contributed by atoms with van der Waals surface area (Å²) in [7, 11) is 0. The summed E-state index contributed by atoms with van der Waals surface area (Å²) < 4.78 is 4.72. The van der Waals surface area contributed by atoms with Crippen LogP contribution in [0, 0.1) is 0 Å². The Morgan fingerprint density at radius 1 is 1.19 bits per heavy atom. The molecule has 0 spiro atoms. The van der Waals surface area contributed by atoms with Gasteiger partial charge in [0, 0.05) is 12.1 Å². The van der Waals surface area contributed by atoms with Crippen LogP contribution in [-0.4, -0.2) is 18.5 Å². The van der Waals surface area contributed by atoms with Crippen molar-refractivity contribution in [2.24, 2.45) is 0 Å². The third-order valence-electron chi connectivity index (χ3n) is 1.92. The molecule has 0 saturated heterocycles. The number of hydrogen-bond donors (Lipinski definition) is 1. The van der Waals surface area contributed by atoms with Crippen LogP contribution in [0.1, 0.15) is 19.8 Å². The van der Waals surface area contributed by atoms with Crippen molar-refractivity contribution in [3.8, 4) is 0 Å². The highest BCUT2D eigenvalue weighted by atomic mass is 16.5. The largest absolute Gasteiger partial charge is 0.466 e. The summed E-state index contributed by atoms with van der Waals surface area (Å²) in [5.74, 6) is -0.523. The third kappa shape index (κ3) is 4.59. The molecule has 0 bridgehead atoms. The van der Waals surface area contributed by atoms with Gasteiger partial charge in [-0.2, -0.15) is 0 Å². The van der Waals surface area contributed by atoms with Gasteiger partial charge in [-0.15, -0.1) is 0 Å². The molecule has 1 amide bonds. The highest BCUT2D eigenvalue weighted by Gasteiger charge is 2.07. The van der Waals surface area contributed by atoms with Crippen LogP contribution in [0.15, 0.2) is 30.3 Å². The Kier molecular flexibility index (Phi) is 5.05. The highest BCUT2D eigenvalue weighted by molar-refractivity contribution is 5.92. The van der Waals surface area contributed by atoms with E-state index in [0.29, 0.717) is 6.61 Å². The third-order valence-corrected chi connectivity index (χ3v) is 1.92. The van der Waals surface area contributed by atoms with Crippen LogP contribution in [0.3, 0.4) is 0 Å². The topological polar surface area (TPSA) is 55.4 Å². The number of rotatable bonds is 5. The molecule has 0 fully saturated rings. The van der Waals surface area contributed by atoms with Gasteiger partial charge < -0.3 is 10.1 Å². The van der Waals surface area contributed by atoms with Gasteiger partial charge in [-0.25, -0.2) is 0 Å². The van der Waals surface area contributed by atoms with Crippen molar-refractivity contribution < 1.29 is 14.3 Å². The SMILES string of the molecule is CCOC(=O)CCC(=O)Nc1ccccc1. The van der Waals surface area contributed by atoms with E-state index in [1.54, 1.807) is 19.1 Å². The first-order chi connectivity index (χ1) is 7.72. The van der Waals surface area contributed by atoms with Gasteiger partial charge in [-0.3, -0.25) is 9.59 Å². The predicted octanol–water partition coefficient (Wildman–Crippen LogP) is 1.97. The van der Waals surface area contributed by atoms with Crippen molar-refractivity contribution in [1.82, 2.24) is 0 Å². The van der Waals surface area contributed by atoms with Crippen LogP contribution in [0.25, 0.3) is 0 Å². The monoisotopic (exact) mass is 221 g/mol. The van der Waals surface area contributed by atoms with Crippen molar-refractivity contribution in [3.63, 3.8) is 0 Å². The van der Waals surface area contributed by atoms with E-state index in [-0.39, 0.29) is 24.7 Å². The van der Waals surface area contributed by atoms with Crippen molar-refractivity contribution >= 4 is 17.6 Å². The molecule has 0 saturated carbocycles. The van der Waals surface area contributed by atoms with Crippen molar-refractivity contribution in [1.29, 1.82) is 0 Å². The molecule has 0 aliphatic carbocycles. The van der Waals surface area contributed by atoms with Crippen LogP contribution in [0.5, 0.6) is 0 Å². The zero-order valence-corrected chi connectivity index (χ0v) is 9.23. The van der Waals surface area contributed by atoms with Crippen LogP contribution in [-0.2, 0) is 14.3 Å². The van der Waals surface area contributed by atoms with Crippen LogP contribution in [0.2, 0.25) is 0 Å². The average Bonchev–Trinajstić information content (AvgIpc) is 2.28. The molecule has 1 rings (SSSR count). The van der Waals surface area contributed by atoms with E-state index in [1.165, 1.54) is 0 Å². The Hall–Kier alpha value is -1.84. The number of carbonyl (C=O) groups excluding carboxylic acids is 2. The van der Waals surface area contributed by atoms with E-state index in [1.807, 2.05) is 18.2 Å². The molecule has 1 aromatic carbocycles. The Bertz CT molecular complexity index is 349. The number of esters is 1. The summed E-state index contributed by atoms with van der Waals surface area (Å²) in [6.45, 7) is 2.08. The van der Waals surface area contributed by atoms with Gasteiger partial charge >= 0.3 is 5.97 Å². The lowest BCUT2D eigenvalue weighted by Gasteiger charge is -2.04. The highest BCUT2D eigenvalue weighted by Crippen LogP contribution is 2.06. The van der Waals surface area contributed by atoms with Crippen LogP contribution in [0.4, 0.5) is 5.69 Å². The van der Waals surface area contributed by atoms with E-state index >= 15 is 0 Å². The fraction of sp³-hybridized carbons (Fsp3) is 0.333. The fourth-order valence-corrected chi connectivity index (χ4v) is 1.19. The molecule has 16 heavy (non-hydrogen) atoms. The lowest BCUT2D eigenvalue weighted by Crippen LogP contribution is -2.14. The number of ether oxygens (including phenoxy) is 1. The van der Waals surface area contributed by atoms with E-state index in [0.717, 1.165) is 5.69 Å². The Labute approximate surface area is 94.6 Å². The maximum Gasteiger partial charge on any atom is 0.306 e. The molecule has 0 aliphatic rings. The molecule has 0 heterocycles. The smallest absolute Gasteiger partial charge is 0.306 e. The quantitative estimate of drug-likeness (QED) is 0.773. The summed E-state index contributed by atoms with van der Waals surface area (Å²) >= 11 is 0. The van der Waals surface area contributed by atoms with Gasteiger partial charge in [0.1, 0.15) is 0 Å². The van der Waals surface area contributed by atoms with Gasteiger partial charge in [-0.05, 0) is 19.1 Å². The predicted molar refractivity (Wildman–Crippen MR) is 60.9 cm³/mol. The zero-order chi connectivity index (χ0) is 11.8. The number of amides is 1. The number of hydrogen-bond acceptors (Lipinski definition) is 3. The second-order valence-corrected chi connectivity index (χ2v) is 3.22. The molecule has 0 aliphatic heterocycles. The van der Waals surface area contributed by atoms with Crippen molar-refractivity contribution in [3.05, 3.63) is 30.3 Å². The lowest BCUT2D eigenvalue weighted by molar-refractivity contribution is -0.144. The Morgan fingerprint density at radius 3 is 2.50 bits per heavy atom. The summed E-state index contributed by atoms with van der Waals surface area (Å²) in [6, 6.07) is 9.13. The van der Waals surface area contributed by atoms with Crippen molar-refractivity contribution in [2.75, 3.05) is 11.9 Å². The number of anilines is 1. The normalized spacial score (nSPS) is 9.56. The first kappa shape index (κ1) is 12.2. The van der Waals surface area contributed by atoms with Crippen molar-refractivity contribution in [2.45, 2.75) is 19.8 Å². The first-order valence-corrected chi connectivity index (χ1v) is 5.23. The van der Waals surface area contributed by atoms with E-state index in [2.05, 4.69) is 5.32 Å². The number of benzene rings is 1. The summed E-state index contributed by atoms with van der Waals surface area (Å²) in [5.41, 5.74) is 0.733.